The van der Waals surface area contributed by atoms with Gasteiger partial charge in [-0.3, -0.25) is 9.78 Å². The summed E-state index contributed by atoms with van der Waals surface area (Å²) < 4.78 is 0. The van der Waals surface area contributed by atoms with E-state index in [1.807, 2.05) is 12.1 Å². The summed E-state index contributed by atoms with van der Waals surface area (Å²) in [4.78, 5) is 19.6. The van der Waals surface area contributed by atoms with Crippen LogP contribution in [0.15, 0.2) is 53.3 Å². The summed E-state index contributed by atoms with van der Waals surface area (Å²) >= 11 is 5.89. The number of nitrogens with one attached hydrogen (secondary N) is 2. The molecule has 0 radical (unpaired) electrons. The van der Waals surface area contributed by atoms with Gasteiger partial charge in [0.15, 0.2) is 0 Å². The highest BCUT2D eigenvalue weighted by molar-refractivity contribution is 6.30. The molecule has 3 rings (SSSR count). The summed E-state index contributed by atoms with van der Waals surface area (Å²) in [7, 11) is 0. The molecule has 0 amide bonds. The smallest absolute Gasteiger partial charge is 0.256 e. The number of hydrogen-bond acceptors (Lipinski definition) is 4. The first-order chi connectivity index (χ1) is 12.0. The minimum absolute atomic E-state index is 0.193. The fourth-order valence-electron chi connectivity index (χ4n) is 2.49. The lowest BCUT2D eigenvalue weighted by Crippen LogP contribution is -2.18. The first-order valence-electron chi connectivity index (χ1n) is 7.66. The van der Waals surface area contributed by atoms with Crippen molar-refractivity contribution in [3.63, 3.8) is 0 Å². The largest absolute Gasteiger partial charge is 0.326 e. The van der Waals surface area contributed by atoms with E-state index in [2.05, 4.69) is 21.4 Å². The maximum absolute atomic E-state index is 12.4. The molecule has 124 valence electrons. The molecule has 0 aliphatic heterocycles. The predicted molar refractivity (Wildman–Crippen MR) is 98.3 cm³/mol. The Kier molecular flexibility index (Phi) is 4.82. The van der Waals surface area contributed by atoms with Gasteiger partial charge < -0.3 is 5.32 Å². The topological polar surface area (TPSA) is 81.6 Å². The van der Waals surface area contributed by atoms with Crippen LogP contribution in [0.1, 0.15) is 22.4 Å². The maximum Gasteiger partial charge on any atom is 0.256 e. The van der Waals surface area contributed by atoms with Crippen LogP contribution in [0.5, 0.6) is 0 Å². The lowest BCUT2D eigenvalue weighted by molar-refractivity contribution is 0.986. The molecule has 0 unspecified atom stereocenters. The standard InChI is InChI=1S/C19H15ClN4O/c1-12-17(10-13-5-7-15(20)8-6-13)18(25)24-19(22-12)23-16-4-2-3-14(9-16)11-21/h2-9H,10H2,1H3,(H2,22,23,24,25). The Morgan fingerprint density at radius 3 is 2.68 bits per heavy atom. The van der Waals surface area contributed by atoms with Gasteiger partial charge in [-0.05, 0) is 42.8 Å². The Morgan fingerprint density at radius 1 is 1.24 bits per heavy atom. The van der Waals surface area contributed by atoms with E-state index in [1.54, 1.807) is 43.3 Å². The van der Waals surface area contributed by atoms with Gasteiger partial charge in [-0.15, -0.1) is 0 Å². The van der Waals surface area contributed by atoms with Gasteiger partial charge in [-0.25, -0.2) is 4.98 Å². The van der Waals surface area contributed by atoms with Gasteiger partial charge in [-0.2, -0.15) is 5.26 Å². The third kappa shape index (κ3) is 4.06. The molecule has 1 heterocycles. The average molecular weight is 351 g/mol. The summed E-state index contributed by atoms with van der Waals surface area (Å²) in [5.74, 6) is 0.345. The molecule has 0 saturated carbocycles. The van der Waals surface area contributed by atoms with Crippen molar-refractivity contribution in [3.8, 4) is 6.07 Å². The number of benzene rings is 2. The Bertz CT molecular complexity index is 1000. The van der Waals surface area contributed by atoms with Crippen LogP contribution >= 0.6 is 11.6 Å². The van der Waals surface area contributed by atoms with Crippen molar-refractivity contribution < 1.29 is 0 Å². The summed E-state index contributed by atoms with van der Waals surface area (Å²) in [5, 5.41) is 12.6. The SMILES string of the molecule is Cc1nc(Nc2cccc(C#N)c2)[nH]c(=O)c1Cc1ccc(Cl)cc1. The molecular formula is C19H15ClN4O. The lowest BCUT2D eigenvalue weighted by atomic mass is 10.1. The molecule has 0 atom stereocenters. The summed E-state index contributed by atoms with van der Waals surface area (Å²) in [6, 6.07) is 16.4. The number of aryl methyl sites for hydroxylation is 1. The minimum atomic E-state index is -0.193. The molecule has 2 aromatic carbocycles. The Balaban J connectivity index is 1.86. The van der Waals surface area contributed by atoms with Crippen LogP contribution in [0, 0.1) is 18.3 Å². The zero-order valence-electron chi connectivity index (χ0n) is 13.5. The molecule has 0 fully saturated rings. The molecule has 25 heavy (non-hydrogen) atoms. The zero-order chi connectivity index (χ0) is 17.8. The van der Waals surface area contributed by atoms with E-state index in [9.17, 15) is 4.79 Å². The summed E-state index contributed by atoms with van der Waals surface area (Å²) in [6.07, 6.45) is 0.482. The third-order valence-electron chi connectivity index (χ3n) is 3.77. The number of aromatic nitrogens is 2. The number of rotatable bonds is 4. The molecule has 0 bridgehead atoms. The van der Waals surface area contributed by atoms with Gasteiger partial charge in [0.2, 0.25) is 5.95 Å². The van der Waals surface area contributed by atoms with Crippen LogP contribution in [0.3, 0.4) is 0 Å². The normalized spacial score (nSPS) is 10.3. The van der Waals surface area contributed by atoms with Crippen molar-refractivity contribution in [3.05, 3.63) is 86.3 Å². The molecule has 1 aromatic heterocycles. The van der Waals surface area contributed by atoms with E-state index in [-0.39, 0.29) is 5.56 Å². The van der Waals surface area contributed by atoms with Crippen molar-refractivity contribution in [1.29, 1.82) is 5.26 Å². The second-order valence-corrected chi connectivity index (χ2v) is 6.04. The van der Waals surface area contributed by atoms with E-state index in [1.165, 1.54) is 0 Å². The van der Waals surface area contributed by atoms with Crippen LogP contribution in [0.4, 0.5) is 11.6 Å². The first kappa shape index (κ1) is 16.7. The second kappa shape index (κ2) is 7.20. The fourth-order valence-corrected chi connectivity index (χ4v) is 2.61. The van der Waals surface area contributed by atoms with Gasteiger partial charge in [-0.1, -0.05) is 29.8 Å². The minimum Gasteiger partial charge on any atom is -0.326 e. The van der Waals surface area contributed by atoms with E-state index < -0.39 is 0 Å². The van der Waals surface area contributed by atoms with Gasteiger partial charge in [0.25, 0.3) is 5.56 Å². The van der Waals surface area contributed by atoms with E-state index >= 15 is 0 Å². The Morgan fingerprint density at radius 2 is 2.00 bits per heavy atom. The van der Waals surface area contributed by atoms with Crippen molar-refractivity contribution in [2.75, 3.05) is 5.32 Å². The number of nitriles is 1. The molecule has 0 saturated heterocycles. The highest BCUT2D eigenvalue weighted by Crippen LogP contribution is 2.16. The molecule has 0 aliphatic rings. The van der Waals surface area contributed by atoms with E-state index in [0.29, 0.717) is 39.9 Å². The van der Waals surface area contributed by atoms with E-state index in [4.69, 9.17) is 16.9 Å². The van der Waals surface area contributed by atoms with Crippen LogP contribution in [0.25, 0.3) is 0 Å². The number of aromatic amines is 1. The van der Waals surface area contributed by atoms with Crippen molar-refractivity contribution in [2.24, 2.45) is 0 Å². The van der Waals surface area contributed by atoms with Gasteiger partial charge >= 0.3 is 0 Å². The number of H-pyrrole nitrogens is 1. The zero-order valence-corrected chi connectivity index (χ0v) is 14.3. The quantitative estimate of drug-likeness (QED) is 0.746. The first-order valence-corrected chi connectivity index (χ1v) is 8.04. The van der Waals surface area contributed by atoms with Crippen molar-refractivity contribution in [2.45, 2.75) is 13.3 Å². The average Bonchev–Trinajstić information content (AvgIpc) is 2.60. The number of hydrogen-bond donors (Lipinski definition) is 2. The monoisotopic (exact) mass is 350 g/mol. The van der Waals surface area contributed by atoms with Gasteiger partial charge in [0.1, 0.15) is 0 Å². The Labute approximate surface area is 149 Å². The van der Waals surface area contributed by atoms with Crippen LogP contribution in [-0.2, 0) is 6.42 Å². The molecule has 5 nitrogen and oxygen atoms in total. The molecule has 2 N–H and O–H groups in total. The fraction of sp³-hybridized carbons (Fsp3) is 0.105. The van der Waals surface area contributed by atoms with Crippen molar-refractivity contribution in [1.82, 2.24) is 9.97 Å². The molecule has 0 spiro atoms. The molecule has 3 aromatic rings. The molecule has 0 aliphatic carbocycles. The van der Waals surface area contributed by atoms with Gasteiger partial charge in [0.05, 0.1) is 17.3 Å². The highest BCUT2D eigenvalue weighted by atomic mass is 35.5. The molecular weight excluding hydrogens is 336 g/mol. The van der Waals surface area contributed by atoms with Crippen LogP contribution in [-0.4, -0.2) is 9.97 Å². The Hall–Kier alpha value is -3.10. The number of anilines is 2. The van der Waals surface area contributed by atoms with Crippen LogP contribution in [0.2, 0.25) is 5.02 Å². The third-order valence-corrected chi connectivity index (χ3v) is 4.02. The van der Waals surface area contributed by atoms with Crippen LogP contribution < -0.4 is 10.9 Å². The number of nitrogens with zero attached hydrogens (tertiary/aromatic N) is 2. The lowest BCUT2D eigenvalue weighted by Gasteiger charge is -2.09. The van der Waals surface area contributed by atoms with Gasteiger partial charge in [0, 0.05) is 22.7 Å². The highest BCUT2D eigenvalue weighted by Gasteiger charge is 2.09. The second-order valence-electron chi connectivity index (χ2n) is 5.60. The summed E-state index contributed by atoms with van der Waals surface area (Å²) in [6.45, 7) is 1.80. The maximum atomic E-state index is 12.4. The predicted octanol–water partition coefficient (Wildman–Crippen LogP) is 3.94. The van der Waals surface area contributed by atoms with Crippen molar-refractivity contribution >= 4 is 23.2 Å². The van der Waals surface area contributed by atoms with E-state index in [0.717, 1.165) is 5.56 Å². The number of halogens is 1. The molecule has 6 heteroatoms. The summed E-state index contributed by atoms with van der Waals surface area (Å²) in [5.41, 5.74) is 3.27.